The van der Waals surface area contributed by atoms with Crippen molar-refractivity contribution in [3.63, 3.8) is 0 Å². The number of rotatable bonds is 6. The fraction of sp³-hybridized carbons (Fsp3) is 0.316. The monoisotopic (exact) mass is 312 g/mol. The Labute approximate surface area is 134 Å². The molecule has 1 N–H and O–H groups in total. The van der Waals surface area contributed by atoms with Crippen LogP contribution in [0.3, 0.4) is 0 Å². The van der Waals surface area contributed by atoms with Gasteiger partial charge in [-0.15, -0.1) is 0 Å². The average molecular weight is 312 g/mol. The van der Waals surface area contributed by atoms with Crippen molar-refractivity contribution in [2.75, 3.05) is 6.61 Å². The molecule has 0 spiro atoms. The predicted molar refractivity (Wildman–Crippen MR) is 91.3 cm³/mol. The Bertz CT molecular complexity index is 880. The van der Waals surface area contributed by atoms with E-state index in [0.717, 1.165) is 12.8 Å². The Morgan fingerprint density at radius 3 is 2.52 bits per heavy atom. The zero-order valence-electron chi connectivity index (χ0n) is 13.2. The number of aromatic hydroxyl groups is 1. The summed E-state index contributed by atoms with van der Waals surface area (Å²) >= 11 is 0. The van der Waals surface area contributed by atoms with Gasteiger partial charge < -0.3 is 14.3 Å². The molecule has 0 saturated carbocycles. The maximum Gasteiger partial charge on any atom is 0.200 e. The maximum absolute atomic E-state index is 12.5. The molecule has 0 fully saturated rings. The molecule has 4 nitrogen and oxygen atoms in total. The van der Waals surface area contributed by atoms with Gasteiger partial charge in [0.25, 0.3) is 0 Å². The SMILES string of the molecule is CCCCCCOc1ccc2c(=O)c3ccc(O)cc3oc2c1. The van der Waals surface area contributed by atoms with E-state index in [1.807, 2.05) is 0 Å². The third kappa shape index (κ3) is 3.31. The van der Waals surface area contributed by atoms with Crippen LogP contribution in [-0.4, -0.2) is 11.7 Å². The largest absolute Gasteiger partial charge is 0.508 e. The smallest absolute Gasteiger partial charge is 0.200 e. The highest BCUT2D eigenvalue weighted by molar-refractivity contribution is 5.90. The lowest BCUT2D eigenvalue weighted by molar-refractivity contribution is 0.305. The van der Waals surface area contributed by atoms with Crippen LogP contribution >= 0.6 is 0 Å². The van der Waals surface area contributed by atoms with E-state index >= 15 is 0 Å². The molecule has 0 unspecified atom stereocenters. The number of hydrogen-bond acceptors (Lipinski definition) is 4. The van der Waals surface area contributed by atoms with Crippen molar-refractivity contribution in [2.45, 2.75) is 32.6 Å². The Balaban J connectivity index is 1.90. The highest BCUT2D eigenvalue weighted by Gasteiger charge is 2.09. The molecule has 0 amide bonds. The standard InChI is InChI=1S/C19H20O4/c1-2-3-4-5-10-22-14-7-9-16-18(12-14)23-17-11-13(20)6-8-15(17)19(16)21/h6-9,11-12,20H,2-5,10H2,1H3. The first-order valence-corrected chi connectivity index (χ1v) is 8.01. The van der Waals surface area contributed by atoms with Gasteiger partial charge in [-0.25, -0.2) is 0 Å². The van der Waals surface area contributed by atoms with Crippen LogP contribution in [0.5, 0.6) is 11.5 Å². The molecular formula is C19H20O4. The van der Waals surface area contributed by atoms with Gasteiger partial charge in [-0.05, 0) is 30.7 Å². The molecule has 0 bridgehead atoms. The fourth-order valence-electron chi connectivity index (χ4n) is 2.63. The molecule has 1 heterocycles. The second kappa shape index (κ2) is 6.73. The molecule has 1 aromatic heterocycles. The molecule has 0 aliphatic carbocycles. The van der Waals surface area contributed by atoms with Crippen LogP contribution in [-0.2, 0) is 0 Å². The topological polar surface area (TPSA) is 59.7 Å². The number of phenolic OH excluding ortho intramolecular Hbond substituents is 1. The number of phenols is 1. The summed E-state index contributed by atoms with van der Waals surface area (Å²) in [4.78, 5) is 12.5. The fourth-order valence-corrected chi connectivity index (χ4v) is 2.63. The van der Waals surface area contributed by atoms with Gasteiger partial charge in [-0.2, -0.15) is 0 Å². The summed E-state index contributed by atoms with van der Waals surface area (Å²) in [5, 5.41) is 10.5. The Morgan fingerprint density at radius 1 is 1.00 bits per heavy atom. The van der Waals surface area contributed by atoms with E-state index in [0.29, 0.717) is 34.3 Å². The van der Waals surface area contributed by atoms with E-state index in [4.69, 9.17) is 9.15 Å². The van der Waals surface area contributed by atoms with E-state index < -0.39 is 0 Å². The Kier molecular flexibility index (Phi) is 4.51. The average Bonchev–Trinajstić information content (AvgIpc) is 2.54. The van der Waals surface area contributed by atoms with Crippen LogP contribution in [0.2, 0.25) is 0 Å². The Morgan fingerprint density at radius 2 is 1.74 bits per heavy atom. The minimum absolute atomic E-state index is 0.0725. The van der Waals surface area contributed by atoms with Crippen LogP contribution < -0.4 is 10.2 Å². The summed E-state index contributed by atoms with van der Waals surface area (Å²) in [5.41, 5.74) is 0.748. The highest BCUT2D eigenvalue weighted by Crippen LogP contribution is 2.25. The lowest BCUT2D eigenvalue weighted by Crippen LogP contribution is -2.02. The second-order valence-electron chi connectivity index (χ2n) is 5.68. The van der Waals surface area contributed by atoms with Crippen LogP contribution in [0.25, 0.3) is 21.9 Å². The molecule has 0 aliphatic rings. The van der Waals surface area contributed by atoms with Gasteiger partial charge in [0.15, 0.2) is 0 Å². The first kappa shape index (κ1) is 15.4. The van der Waals surface area contributed by atoms with Crippen molar-refractivity contribution in [3.05, 3.63) is 46.6 Å². The molecule has 0 radical (unpaired) electrons. The van der Waals surface area contributed by atoms with Gasteiger partial charge in [-0.3, -0.25) is 4.79 Å². The molecule has 4 heteroatoms. The molecular weight excluding hydrogens is 292 g/mol. The third-order valence-corrected chi connectivity index (χ3v) is 3.89. The van der Waals surface area contributed by atoms with Crippen molar-refractivity contribution < 1.29 is 14.3 Å². The van der Waals surface area contributed by atoms with Gasteiger partial charge >= 0.3 is 0 Å². The minimum Gasteiger partial charge on any atom is -0.508 e. The van der Waals surface area contributed by atoms with Crippen molar-refractivity contribution in [1.29, 1.82) is 0 Å². The van der Waals surface area contributed by atoms with E-state index in [9.17, 15) is 9.90 Å². The molecule has 3 rings (SSSR count). The first-order valence-electron chi connectivity index (χ1n) is 8.01. The van der Waals surface area contributed by atoms with Crippen molar-refractivity contribution in [3.8, 4) is 11.5 Å². The van der Waals surface area contributed by atoms with Crippen LogP contribution in [0, 0.1) is 0 Å². The molecule has 0 saturated heterocycles. The zero-order valence-corrected chi connectivity index (χ0v) is 13.2. The van der Waals surface area contributed by atoms with E-state index in [1.54, 1.807) is 24.3 Å². The van der Waals surface area contributed by atoms with Crippen molar-refractivity contribution >= 4 is 21.9 Å². The molecule has 0 aliphatic heterocycles. The number of benzene rings is 2. The third-order valence-electron chi connectivity index (χ3n) is 3.89. The normalized spacial score (nSPS) is 11.2. The summed E-state index contributed by atoms with van der Waals surface area (Å²) in [7, 11) is 0. The first-order chi connectivity index (χ1) is 11.2. The van der Waals surface area contributed by atoms with Crippen molar-refractivity contribution in [1.82, 2.24) is 0 Å². The van der Waals surface area contributed by atoms with Crippen LogP contribution in [0.1, 0.15) is 32.6 Å². The summed E-state index contributed by atoms with van der Waals surface area (Å²) in [5.74, 6) is 0.764. The summed E-state index contributed by atoms with van der Waals surface area (Å²) in [6, 6.07) is 9.78. The number of fused-ring (bicyclic) bond motifs is 2. The lowest BCUT2D eigenvalue weighted by atomic mass is 10.1. The summed E-state index contributed by atoms with van der Waals surface area (Å²) < 4.78 is 11.5. The van der Waals surface area contributed by atoms with Crippen molar-refractivity contribution in [2.24, 2.45) is 0 Å². The quantitative estimate of drug-likeness (QED) is 0.533. The van der Waals surface area contributed by atoms with E-state index in [2.05, 4.69) is 6.92 Å². The summed E-state index contributed by atoms with van der Waals surface area (Å²) in [6.07, 6.45) is 4.58. The van der Waals surface area contributed by atoms with Gasteiger partial charge in [0, 0.05) is 12.1 Å². The molecule has 2 aromatic carbocycles. The second-order valence-corrected chi connectivity index (χ2v) is 5.68. The van der Waals surface area contributed by atoms with Gasteiger partial charge in [0.2, 0.25) is 5.43 Å². The number of unbranched alkanes of at least 4 members (excludes halogenated alkanes) is 3. The zero-order chi connectivity index (χ0) is 16.2. The van der Waals surface area contributed by atoms with Crippen LogP contribution in [0.15, 0.2) is 45.6 Å². The van der Waals surface area contributed by atoms with Gasteiger partial charge in [0.05, 0.1) is 17.4 Å². The lowest BCUT2D eigenvalue weighted by Gasteiger charge is -2.07. The predicted octanol–water partition coefficient (Wildman–Crippen LogP) is 4.61. The maximum atomic E-state index is 12.5. The molecule has 120 valence electrons. The summed E-state index contributed by atoms with van der Waals surface area (Å²) in [6.45, 7) is 2.83. The highest BCUT2D eigenvalue weighted by atomic mass is 16.5. The van der Waals surface area contributed by atoms with Gasteiger partial charge in [-0.1, -0.05) is 26.2 Å². The minimum atomic E-state index is -0.101. The molecule has 3 aromatic rings. The van der Waals surface area contributed by atoms with Crippen LogP contribution in [0.4, 0.5) is 0 Å². The number of ether oxygens (including phenoxy) is 1. The molecule has 0 atom stereocenters. The van der Waals surface area contributed by atoms with E-state index in [-0.39, 0.29) is 11.2 Å². The molecule has 23 heavy (non-hydrogen) atoms. The number of hydrogen-bond donors (Lipinski definition) is 1. The van der Waals surface area contributed by atoms with Gasteiger partial charge in [0.1, 0.15) is 22.7 Å². The Hall–Kier alpha value is -2.49. The van der Waals surface area contributed by atoms with E-state index in [1.165, 1.54) is 25.0 Å².